The second-order valence-electron chi connectivity index (χ2n) is 3.61. The van der Waals surface area contributed by atoms with Crippen molar-refractivity contribution in [1.29, 1.82) is 0 Å². The maximum absolute atomic E-state index is 5.86. The third-order valence-corrected chi connectivity index (χ3v) is 2.72. The average molecular weight is 233 g/mol. The Balaban J connectivity index is 2.30. The molecule has 2 aromatic rings. The van der Waals surface area contributed by atoms with Crippen LogP contribution in [0.1, 0.15) is 11.1 Å². The molecule has 0 fully saturated rings. The van der Waals surface area contributed by atoms with Crippen LogP contribution in [0.2, 0.25) is 0 Å². The summed E-state index contributed by atoms with van der Waals surface area (Å²) in [7, 11) is 0. The summed E-state index contributed by atoms with van der Waals surface area (Å²) in [5, 5.41) is 0. The van der Waals surface area contributed by atoms with Gasteiger partial charge in [0, 0.05) is 5.56 Å². The van der Waals surface area contributed by atoms with Crippen molar-refractivity contribution in [3.63, 3.8) is 0 Å². The number of halogens is 1. The lowest BCUT2D eigenvalue weighted by atomic mass is 10.2. The van der Waals surface area contributed by atoms with Gasteiger partial charge in [-0.15, -0.1) is 11.6 Å². The predicted octanol–water partition coefficient (Wildman–Crippen LogP) is 4.53. The number of para-hydroxylation sites is 2. The Morgan fingerprint density at radius 1 is 0.938 bits per heavy atom. The molecule has 0 N–H and O–H groups in total. The van der Waals surface area contributed by atoms with E-state index in [1.54, 1.807) is 0 Å². The average Bonchev–Trinajstić information content (AvgIpc) is 2.33. The van der Waals surface area contributed by atoms with E-state index < -0.39 is 0 Å². The van der Waals surface area contributed by atoms with Gasteiger partial charge in [0.1, 0.15) is 11.5 Å². The highest BCUT2D eigenvalue weighted by Gasteiger charge is 2.04. The topological polar surface area (TPSA) is 9.23 Å². The summed E-state index contributed by atoms with van der Waals surface area (Å²) in [4.78, 5) is 0. The van der Waals surface area contributed by atoms with Gasteiger partial charge < -0.3 is 4.74 Å². The van der Waals surface area contributed by atoms with Crippen molar-refractivity contribution in [1.82, 2.24) is 0 Å². The first-order chi connectivity index (χ1) is 7.81. The molecular weight excluding hydrogens is 220 g/mol. The van der Waals surface area contributed by atoms with Gasteiger partial charge in [0.2, 0.25) is 0 Å². The molecule has 0 atom stereocenters. The first-order valence-corrected chi connectivity index (χ1v) is 5.72. The Morgan fingerprint density at radius 3 is 2.25 bits per heavy atom. The standard InChI is InChI=1S/C14H13ClO/c1-11-6-2-4-8-13(11)16-14-9-5-3-7-12(14)10-15/h2-9H,10H2,1H3. The number of rotatable bonds is 3. The van der Waals surface area contributed by atoms with Gasteiger partial charge in [-0.2, -0.15) is 0 Å². The van der Waals surface area contributed by atoms with Crippen LogP contribution in [-0.2, 0) is 5.88 Å². The number of alkyl halides is 1. The molecule has 0 saturated heterocycles. The largest absolute Gasteiger partial charge is 0.457 e. The van der Waals surface area contributed by atoms with Gasteiger partial charge in [-0.1, -0.05) is 36.4 Å². The minimum absolute atomic E-state index is 0.460. The highest BCUT2D eigenvalue weighted by molar-refractivity contribution is 6.17. The van der Waals surface area contributed by atoms with Crippen LogP contribution in [0.15, 0.2) is 48.5 Å². The molecule has 16 heavy (non-hydrogen) atoms. The summed E-state index contributed by atoms with van der Waals surface area (Å²) in [6, 6.07) is 15.8. The zero-order valence-electron chi connectivity index (χ0n) is 9.11. The van der Waals surface area contributed by atoms with Crippen LogP contribution in [0.25, 0.3) is 0 Å². The summed E-state index contributed by atoms with van der Waals surface area (Å²) >= 11 is 5.86. The fraction of sp³-hybridized carbons (Fsp3) is 0.143. The van der Waals surface area contributed by atoms with Crippen LogP contribution >= 0.6 is 11.6 Å². The summed E-state index contributed by atoms with van der Waals surface area (Å²) < 4.78 is 5.85. The summed E-state index contributed by atoms with van der Waals surface area (Å²) in [5.74, 6) is 2.16. The maximum Gasteiger partial charge on any atom is 0.131 e. The normalized spacial score (nSPS) is 10.1. The first-order valence-electron chi connectivity index (χ1n) is 5.18. The molecule has 0 aromatic heterocycles. The van der Waals surface area contributed by atoms with E-state index >= 15 is 0 Å². The smallest absolute Gasteiger partial charge is 0.131 e. The highest BCUT2D eigenvalue weighted by atomic mass is 35.5. The molecule has 0 heterocycles. The third-order valence-electron chi connectivity index (χ3n) is 2.43. The van der Waals surface area contributed by atoms with Gasteiger partial charge in [-0.05, 0) is 24.6 Å². The molecular formula is C14H13ClO. The molecule has 2 heteroatoms. The lowest BCUT2D eigenvalue weighted by Gasteiger charge is -2.11. The Morgan fingerprint density at radius 2 is 1.56 bits per heavy atom. The second-order valence-corrected chi connectivity index (χ2v) is 3.88. The fourth-order valence-corrected chi connectivity index (χ4v) is 1.72. The van der Waals surface area contributed by atoms with E-state index in [1.165, 1.54) is 0 Å². The molecule has 82 valence electrons. The van der Waals surface area contributed by atoms with Gasteiger partial charge >= 0.3 is 0 Å². The second kappa shape index (κ2) is 5.04. The molecule has 0 spiro atoms. The fourth-order valence-electron chi connectivity index (χ4n) is 1.50. The number of ether oxygens (including phenoxy) is 1. The van der Waals surface area contributed by atoms with Gasteiger partial charge in [0.05, 0.1) is 5.88 Å². The summed E-state index contributed by atoms with van der Waals surface area (Å²) in [6.45, 7) is 2.03. The Labute approximate surface area is 101 Å². The van der Waals surface area contributed by atoms with E-state index in [4.69, 9.17) is 16.3 Å². The van der Waals surface area contributed by atoms with E-state index in [0.29, 0.717) is 5.88 Å². The van der Waals surface area contributed by atoms with E-state index in [-0.39, 0.29) is 0 Å². The van der Waals surface area contributed by atoms with E-state index in [9.17, 15) is 0 Å². The number of hydrogen-bond acceptors (Lipinski definition) is 1. The maximum atomic E-state index is 5.86. The monoisotopic (exact) mass is 232 g/mol. The minimum atomic E-state index is 0.460. The quantitative estimate of drug-likeness (QED) is 0.707. The van der Waals surface area contributed by atoms with E-state index in [0.717, 1.165) is 22.6 Å². The zero-order valence-corrected chi connectivity index (χ0v) is 9.87. The SMILES string of the molecule is Cc1ccccc1Oc1ccccc1CCl. The summed E-state index contributed by atoms with van der Waals surface area (Å²) in [5.41, 5.74) is 2.12. The van der Waals surface area contributed by atoms with Gasteiger partial charge in [-0.25, -0.2) is 0 Å². The van der Waals surface area contributed by atoms with Crippen LogP contribution in [0.4, 0.5) is 0 Å². The molecule has 0 aliphatic rings. The zero-order chi connectivity index (χ0) is 11.4. The number of hydrogen-bond donors (Lipinski definition) is 0. The van der Waals surface area contributed by atoms with Crippen molar-refractivity contribution < 1.29 is 4.74 Å². The molecule has 0 radical (unpaired) electrons. The minimum Gasteiger partial charge on any atom is -0.457 e. The van der Waals surface area contributed by atoms with Crippen molar-refractivity contribution in [2.24, 2.45) is 0 Å². The molecule has 2 rings (SSSR count). The molecule has 0 amide bonds. The van der Waals surface area contributed by atoms with Crippen LogP contribution < -0.4 is 4.74 Å². The highest BCUT2D eigenvalue weighted by Crippen LogP contribution is 2.28. The molecule has 2 aromatic carbocycles. The van der Waals surface area contributed by atoms with Gasteiger partial charge in [0.15, 0.2) is 0 Å². The molecule has 1 nitrogen and oxygen atoms in total. The molecule has 0 unspecified atom stereocenters. The number of aryl methyl sites for hydroxylation is 1. The van der Waals surface area contributed by atoms with Crippen molar-refractivity contribution >= 4 is 11.6 Å². The third kappa shape index (κ3) is 2.37. The van der Waals surface area contributed by atoms with Crippen molar-refractivity contribution in [2.45, 2.75) is 12.8 Å². The van der Waals surface area contributed by atoms with Gasteiger partial charge in [-0.3, -0.25) is 0 Å². The van der Waals surface area contributed by atoms with Crippen LogP contribution in [0.3, 0.4) is 0 Å². The molecule has 0 aliphatic heterocycles. The van der Waals surface area contributed by atoms with Crippen LogP contribution in [-0.4, -0.2) is 0 Å². The van der Waals surface area contributed by atoms with E-state index in [2.05, 4.69) is 0 Å². The van der Waals surface area contributed by atoms with Crippen LogP contribution in [0, 0.1) is 6.92 Å². The Hall–Kier alpha value is -1.47. The molecule has 0 aliphatic carbocycles. The van der Waals surface area contributed by atoms with E-state index in [1.807, 2.05) is 55.5 Å². The van der Waals surface area contributed by atoms with Crippen molar-refractivity contribution in [2.75, 3.05) is 0 Å². The van der Waals surface area contributed by atoms with Gasteiger partial charge in [0.25, 0.3) is 0 Å². The lowest BCUT2D eigenvalue weighted by molar-refractivity contribution is 0.474. The number of benzene rings is 2. The van der Waals surface area contributed by atoms with Crippen LogP contribution in [0.5, 0.6) is 11.5 Å². The Bertz CT molecular complexity index is 480. The molecule has 0 saturated carbocycles. The predicted molar refractivity (Wildman–Crippen MR) is 67.3 cm³/mol. The Kier molecular flexibility index (Phi) is 3.47. The molecule has 0 bridgehead atoms. The van der Waals surface area contributed by atoms with Crippen molar-refractivity contribution in [3.05, 3.63) is 59.7 Å². The first kappa shape index (κ1) is 11.0. The lowest BCUT2D eigenvalue weighted by Crippen LogP contribution is -1.90. The van der Waals surface area contributed by atoms with Crippen molar-refractivity contribution in [3.8, 4) is 11.5 Å². The summed E-state index contributed by atoms with van der Waals surface area (Å²) in [6.07, 6.45) is 0.